The minimum atomic E-state index is -0.541. The van der Waals surface area contributed by atoms with E-state index in [2.05, 4.69) is 26.6 Å². The van der Waals surface area contributed by atoms with E-state index in [9.17, 15) is 14.4 Å². The van der Waals surface area contributed by atoms with Gasteiger partial charge in [-0.15, -0.1) is 11.8 Å². The van der Waals surface area contributed by atoms with Crippen LogP contribution in [0.5, 0.6) is 0 Å². The van der Waals surface area contributed by atoms with E-state index in [1.807, 2.05) is 24.3 Å². The molecule has 0 spiro atoms. The highest BCUT2D eigenvalue weighted by Gasteiger charge is 2.16. The second-order valence-electron chi connectivity index (χ2n) is 8.22. The second kappa shape index (κ2) is 13.6. The molecule has 4 rings (SSSR count). The van der Waals surface area contributed by atoms with Crippen molar-refractivity contribution in [3.05, 3.63) is 134 Å². The molecule has 4 aromatic carbocycles. The van der Waals surface area contributed by atoms with E-state index < -0.39 is 11.8 Å². The third kappa shape index (κ3) is 8.07. The molecule has 0 heterocycles. The van der Waals surface area contributed by atoms with Crippen molar-refractivity contribution in [2.45, 2.75) is 4.90 Å². The summed E-state index contributed by atoms with van der Waals surface area (Å²) < 4.78 is 0.914. The molecule has 5 nitrogen and oxygen atoms in total. The Kier molecular flexibility index (Phi) is 10.0. The van der Waals surface area contributed by atoms with Gasteiger partial charge >= 0.3 is 0 Å². The standard InChI is InChI=1S/C30H21BrCl2N2O3S/c31-22-11-9-19(10-12-22)27(36)18-39-24-15-13-23(14-16-24)34-30(38)26(17-21-7-4-8-25(32)28(21)33)35-29(37)20-5-2-1-3-6-20/h1-17H,18H2,(H,34,38)(H,35,37)/b26-17-. The van der Waals surface area contributed by atoms with Gasteiger partial charge in [-0.2, -0.15) is 0 Å². The molecule has 2 N–H and O–H groups in total. The van der Waals surface area contributed by atoms with Gasteiger partial charge in [0.2, 0.25) is 0 Å². The average molecular weight is 640 g/mol. The average Bonchev–Trinajstić information content (AvgIpc) is 2.95. The van der Waals surface area contributed by atoms with Crippen molar-refractivity contribution < 1.29 is 14.4 Å². The van der Waals surface area contributed by atoms with Crippen LogP contribution in [0.15, 0.2) is 112 Å². The van der Waals surface area contributed by atoms with Gasteiger partial charge < -0.3 is 10.6 Å². The molecule has 0 unspecified atom stereocenters. The van der Waals surface area contributed by atoms with Gasteiger partial charge in [0.25, 0.3) is 11.8 Å². The van der Waals surface area contributed by atoms with Crippen molar-refractivity contribution in [1.29, 1.82) is 0 Å². The molecule has 2 amide bonds. The molecule has 0 aliphatic carbocycles. The summed E-state index contributed by atoms with van der Waals surface area (Å²) in [5, 5.41) is 6.06. The van der Waals surface area contributed by atoms with E-state index in [4.69, 9.17) is 23.2 Å². The summed E-state index contributed by atoms with van der Waals surface area (Å²) in [6.07, 6.45) is 1.47. The van der Waals surface area contributed by atoms with Crippen LogP contribution in [0, 0.1) is 0 Å². The molecule has 9 heteroatoms. The maximum absolute atomic E-state index is 13.2. The van der Waals surface area contributed by atoms with Crippen molar-refractivity contribution in [2.24, 2.45) is 0 Å². The number of hydrogen-bond acceptors (Lipinski definition) is 4. The van der Waals surface area contributed by atoms with Crippen LogP contribution in [-0.4, -0.2) is 23.4 Å². The fourth-order valence-corrected chi connectivity index (χ4v) is 4.85. The molecule has 0 atom stereocenters. The number of thioether (sulfide) groups is 1. The van der Waals surface area contributed by atoms with Gasteiger partial charge in [0.05, 0.1) is 15.8 Å². The molecule has 0 saturated heterocycles. The molecule has 0 fully saturated rings. The summed E-state index contributed by atoms with van der Waals surface area (Å²) in [6, 6.07) is 27.9. The van der Waals surface area contributed by atoms with Gasteiger partial charge in [-0.05, 0) is 66.2 Å². The largest absolute Gasteiger partial charge is 0.321 e. The first-order valence-electron chi connectivity index (χ1n) is 11.7. The lowest BCUT2D eigenvalue weighted by Gasteiger charge is -2.12. The number of halogens is 3. The topological polar surface area (TPSA) is 75.3 Å². The minimum Gasteiger partial charge on any atom is -0.321 e. The molecule has 0 radical (unpaired) electrons. The Morgan fingerprint density at radius 1 is 0.795 bits per heavy atom. The zero-order valence-electron chi connectivity index (χ0n) is 20.3. The van der Waals surface area contributed by atoms with Crippen LogP contribution in [-0.2, 0) is 4.79 Å². The van der Waals surface area contributed by atoms with Gasteiger partial charge in [-0.1, -0.05) is 81.6 Å². The highest BCUT2D eigenvalue weighted by Crippen LogP contribution is 2.27. The summed E-state index contributed by atoms with van der Waals surface area (Å²) in [4.78, 5) is 39.4. The Hall–Kier alpha value is -3.36. The first-order chi connectivity index (χ1) is 18.8. The number of Topliss-reactive ketones (excluding diaryl/α,β-unsaturated/α-hetero) is 1. The zero-order valence-corrected chi connectivity index (χ0v) is 24.2. The van der Waals surface area contributed by atoms with Gasteiger partial charge in [-0.3, -0.25) is 14.4 Å². The van der Waals surface area contributed by atoms with E-state index in [1.165, 1.54) is 17.8 Å². The van der Waals surface area contributed by atoms with Crippen LogP contribution < -0.4 is 10.6 Å². The number of rotatable bonds is 9. The molecular formula is C30H21BrCl2N2O3S. The maximum Gasteiger partial charge on any atom is 0.272 e. The summed E-state index contributed by atoms with van der Waals surface area (Å²) in [7, 11) is 0. The Bertz CT molecular complexity index is 1530. The number of hydrogen-bond donors (Lipinski definition) is 2. The van der Waals surface area contributed by atoms with E-state index in [1.54, 1.807) is 72.8 Å². The molecule has 0 bridgehead atoms. The number of benzene rings is 4. The summed E-state index contributed by atoms with van der Waals surface area (Å²) in [5.41, 5.74) is 2.02. The molecule has 4 aromatic rings. The minimum absolute atomic E-state index is 0.00781. The van der Waals surface area contributed by atoms with Gasteiger partial charge in [0.1, 0.15) is 5.70 Å². The zero-order chi connectivity index (χ0) is 27.8. The Balaban J connectivity index is 1.47. The van der Waals surface area contributed by atoms with E-state index in [0.29, 0.717) is 27.4 Å². The number of nitrogens with one attached hydrogen (secondary N) is 2. The molecule has 196 valence electrons. The third-order valence-electron chi connectivity index (χ3n) is 5.46. The molecule has 0 saturated carbocycles. The first kappa shape index (κ1) is 28.6. The van der Waals surface area contributed by atoms with E-state index in [-0.39, 0.29) is 22.3 Å². The first-order valence-corrected chi connectivity index (χ1v) is 14.2. The normalized spacial score (nSPS) is 11.1. The van der Waals surface area contributed by atoms with Crippen LogP contribution in [0.25, 0.3) is 6.08 Å². The monoisotopic (exact) mass is 638 g/mol. The maximum atomic E-state index is 13.2. The number of carbonyl (C=O) groups excluding carboxylic acids is 3. The van der Waals surface area contributed by atoms with E-state index >= 15 is 0 Å². The fourth-order valence-electron chi connectivity index (χ4n) is 3.43. The Morgan fingerprint density at radius 3 is 2.18 bits per heavy atom. The van der Waals surface area contributed by atoms with Crippen LogP contribution in [0.1, 0.15) is 26.3 Å². The molecule has 0 aromatic heterocycles. The van der Waals surface area contributed by atoms with Crippen molar-refractivity contribution in [2.75, 3.05) is 11.1 Å². The third-order valence-corrected chi connectivity index (χ3v) is 7.83. The van der Waals surface area contributed by atoms with Crippen molar-refractivity contribution in [3.8, 4) is 0 Å². The van der Waals surface area contributed by atoms with Crippen LogP contribution in [0.3, 0.4) is 0 Å². The van der Waals surface area contributed by atoms with Crippen molar-refractivity contribution >= 4 is 80.3 Å². The van der Waals surface area contributed by atoms with Crippen LogP contribution in [0.4, 0.5) is 5.69 Å². The summed E-state index contributed by atoms with van der Waals surface area (Å²) in [5.74, 6) is -0.682. The van der Waals surface area contributed by atoms with Gasteiger partial charge in [0, 0.05) is 26.2 Å². The number of anilines is 1. The van der Waals surface area contributed by atoms with Gasteiger partial charge in [-0.25, -0.2) is 0 Å². The quantitative estimate of drug-likeness (QED) is 0.110. The highest BCUT2D eigenvalue weighted by molar-refractivity contribution is 9.10. The molecule has 0 aliphatic rings. The lowest BCUT2D eigenvalue weighted by Crippen LogP contribution is -2.30. The Labute approximate surface area is 248 Å². The summed E-state index contributed by atoms with van der Waals surface area (Å²) in [6.45, 7) is 0. The predicted molar refractivity (Wildman–Crippen MR) is 163 cm³/mol. The number of amides is 2. The van der Waals surface area contributed by atoms with Crippen molar-refractivity contribution in [3.63, 3.8) is 0 Å². The van der Waals surface area contributed by atoms with Crippen LogP contribution in [0.2, 0.25) is 10.0 Å². The second-order valence-corrected chi connectivity index (χ2v) is 11.0. The number of ketones is 1. The predicted octanol–water partition coefficient (Wildman–Crippen LogP) is 8.14. The van der Waals surface area contributed by atoms with Crippen molar-refractivity contribution in [1.82, 2.24) is 5.32 Å². The number of carbonyl (C=O) groups is 3. The van der Waals surface area contributed by atoms with Crippen LogP contribution >= 0.6 is 50.9 Å². The Morgan fingerprint density at radius 2 is 1.49 bits per heavy atom. The molecular weight excluding hydrogens is 619 g/mol. The summed E-state index contributed by atoms with van der Waals surface area (Å²) >= 11 is 17.2. The van der Waals surface area contributed by atoms with E-state index in [0.717, 1.165) is 9.37 Å². The lowest BCUT2D eigenvalue weighted by atomic mass is 10.1. The lowest BCUT2D eigenvalue weighted by molar-refractivity contribution is -0.113. The smallest absolute Gasteiger partial charge is 0.272 e. The molecule has 39 heavy (non-hydrogen) atoms. The SMILES string of the molecule is O=C(Nc1ccc(SCC(=O)c2ccc(Br)cc2)cc1)/C(=C/c1cccc(Cl)c1Cl)NC(=O)c1ccccc1. The highest BCUT2D eigenvalue weighted by atomic mass is 79.9. The molecule has 0 aliphatic heterocycles. The van der Waals surface area contributed by atoms with Gasteiger partial charge in [0.15, 0.2) is 5.78 Å². The fraction of sp³-hybridized carbons (Fsp3) is 0.0333.